The monoisotopic (exact) mass is 202 g/mol. The summed E-state index contributed by atoms with van der Waals surface area (Å²) < 4.78 is 31.8. The maximum Gasteiger partial charge on any atom is 0.294 e. The van der Waals surface area contributed by atoms with Crippen molar-refractivity contribution < 1.29 is 17.5 Å². The van der Waals surface area contributed by atoms with Crippen LogP contribution in [0.2, 0.25) is 0 Å². The molecule has 5 heteroatoms. The molecule has 1 aromatic heterocycles. The number of pyridine rings is 1. The number of hydrogen-bond acceptors (Lipinski definition) is 2. The van der Waals surface area contributed by atoms with Gasteiger partial charge in [0.05, 0.1) is 0 Å². The van der Waals surface area contributed by atoms with Crippen LogP contribution in [0.4, 0.5) is 0 Å². The fourth-order valence-corrected chi connectivity index (χ4v) is 1.41. The van der Waals surface area contributed by atoms with Gasteiger partial charge in [0.15, 0.2) is 18.4 Å². The van der Waals surface area contributed by atoms with Crippen LogP contribution in [0, 0.1) is 0 Å². The molecule has 1 N–H and O–H groups in total. The van der Waals surface area contributed by atoms with Gasteiger partial charge in [-0.15, -0.1) is 0 Å². The Morgan fingerprint density at radius 1 is 1.31 bits per heavy atom. The average Bonchev–Trinajstić information content (AvgIpc) is 2.03. The van der Waals surface area contributed by atoms with Crippen molar-refractivity contribution in [2.75, 3.05) is 0 Å². The predicted octanol–water partition coefficient (Wildman–Crippen LogP) is 0.802. The Labute approximate surface area is 77.6 Å². The minimum Gasteiger partial charge on any atom is -0.282 e. The number of nitrogens with zero attached hydrogens (tertiary/aromatic N) is 1. The van der Waals surface area contributed by atoms with Crippen molar-refractivity contribution in [3.8, 4) is 0 Å². The zero-order valence-electron chi connectivity index (χ0n) is 7.51. The Hall–Kier alpha value is -0.940. The molecule has 0 aromatic carbocycles. The lowest BCUT2D eigenvalue weighted by Gasteiger charge is -1.99. The Morgan fingerprint density at radius 2 is 1.77 bits per heavy atom. The first-order chi connectivity index (χ1) is 5.91. The Morgan fingerprint density at radius 3 is 2.08 bits per heavy atom. The summed E-state index contributed by atoms with van der Waals surface area (Å²) in [6.07, 6.45) is 3.24. The molecule has 0 bridgehead atoms. The first-order valence-electron chi connectivity index (χ1n) is 3.89. The summed E-state index contributed by atoms with van der Waals surface area (Å²) in [4.78, 5) is -0.0793. The molecule has 0 unspecified atom stereocenters. The second-order valence-corrected chi connectivity index (χ2v) is 4.47. The Kier molecular flexibility index (Phi) is 2.68. The van der Waals surface area contributed by atoms with E-state index in [1.165, 1.54) is 12.1 Å². The zero-order valence-corrected chi connectivity index (χ0v) is 8.32. The van der Waals surface area contributed by atoms with Gasteiger partial charge in [0.25, 0.3) is 10.1 Å². The van der Waals surface area contributed by atoms with Crippen LogP contribution in [-0.2, 0) is 10.1 Å². The molecule has 0 aliphatic heterocycles. The van der Waals surface area contributed by atoms with E-state index in [9.17, 15) is 8.42 Å². The van der Waals surface area contributed by atoms with Gasteiger partial charge in [-0.2, -0.15) is 8.42 Å². The van der Waals surface area contributed by atoms with Gasteiger partial charge in [-0.05, 0) is 13.8 Å². The molecule has 72 valence electrons. The van der Waals surface area contributed by atoms with Crippen LogP contribution in [0.25, 0.3) is 0 Å². The predicted molar refractivity (Wildman–Crippen MR) is 46.8 cm³/mol. The third-order valence-corrected chi connectivity index (χ3v) is 2.58. The smallest absolute Gasteiger partial charge is 0.282 e. The van der Waals surface area contributed by atoms with Crippen molar-refractivity contribution >= 4 is 10.1 Å². The van der Waals surface area contributed by atoms with Gasteiger partial charge in [0, 0.05) is 12.1 Å². The van der Waals surface area contributed by atoms with E-state index < -0.39 is 10.1 Å². The van der Waals surface area contributed by atoms with Crippen LogP contribution < -0.4 is 4.57 Å². The third-order valence-electron chi connectivity index (χ3n) is 1.72. The molecule has 0 atom stereocenters. The van der Waals surface area contributed by atoms with Crippen molar-refractivity contribution in [1.29, 1.82) is 0 Å². The average molecular weight is 202 g/mol. The van der Waals surface area contributed by atoms with E-state index >= 15 is 0 Å². The second kappa shape index (κ2) is 3.43. The molecular weight excluding hydrogens is 190 g/mol. The largest absolute Gasteiger partial charge is 0.294 e. The van der Waals surface area contributed by atoms with Gasteiger partial charge in [0.2, 0.25) is 0 Å². The summed E-state index contributed by atoms with van der Waals surface area (Å²) >= 11 is 0. The van der Waals surface area contributed by atoms with Crippen molar-refractivity contribution in [3.63, 3.8) is 0 Å². The summed E-state index contributed by atoms with van der Waals surface area (Å²) in [5.74, 6) is 0. The second-order valence-electron chi connectivity index (χ2n) is 3.05. The van der Waals surface area contributed by atoms with Crippen molar-refractivity contribution in [2.24, 2.45) is 0 Å². The standard InChI is InChI=1S/C8H11NO3S/c1-7(2)9-5-3-8(4-6-9)13(10,11)12/h3-7H,1-2H3/p+1. The fraction of sp³-hybridized carbons (Fsp3) is 0.375. The fourth-order valence-electron chi connectivity index (χ4n) is 0.941. The molecule has 0 fully saturated rings. The van der Waals surface area contributed by atoms with Crippen molar-refractivity contribution in [2.45, 2.75) is 24.8 Å². The van der Waals surface area contributed by atoms with Crippen LogP contribution in [0.1, 0.15) is 19.9 Å². The first kappa shape index (κ1) is 10.1. The third kappa shape index (κ3) is 2.50. The summed E-state index contributed by atoms with van der Waals surface area (Å²) in [7, 11) is -4.06. The number of hydrogen-bond donors (Lipinski definition) is 1. The molecule has 0 saturated carbocycles. The van der Waals surface area contributed by atoms with Gasteiger partial charge >= 0.3 is 0 Å². The molecule has 0 aliphatic rings. The molecule has 1 heterocycles. The lowest BCUT2D eigenvalue weighted by Crippen LogP contribution is -2.35. The van der Waals surface area contributed by atoms with Gasteiger partial charge in [-0.25, -0.2) is 4.57 Å². The van der Waals surface area contributed by atoms with Crippen LogP contribution in [0.15, 0.2) is 29.4 Å². The minimum atomic E-state index is -4.06. The molecule has 13 heavy (non-hydrogen) atoms. The zero-order chi connectivity index (χ0) is 10.1. The number of aromatic nitrogens is 1. The van der Waals surface area contributed by atoms with Gasteiger partial charge in [0.1, 0.15) is 4.90 Å². The van der Waals surface area contributed by atoms with Crippen molar-refractivity contribution in [1.82, 2.24) is 0 Å². The molecule has 0 saturated heterocycles. The van der Waals surface area contributed by atoms with Gasteiger partial charge in [-0.1, -0.05) is 0 Å². The SMILES string of the molecule is CC(C)[n+]1ccc(S(=O)(=O)O)cc1. The van der Waals surface area contributed by atoms with Gasteiger partial charge < -0.3 is 0 Å². The first-order valence-corrected chi connectivity index (χ1v) is 5.33. The molecule has 1 aromatic rings. The van der Waals surface area contributed by atoms with Crippen molar-refractivity contribution in [3.05, 3.63) is 24.5 Å². The quantitative estimate of drug-likeness (QED) is 0.570. The van der Waals surface area contributed by atoms with E-state index in [1.807, 2.05) is 18.4 Å². The van der Waals surface area contributed by atoms with E-state index in [0.29, 0.717) is 0 Å². The highest BCUT2D eigenvalue weighted by atomic mass is 32.2. The highest BCUT2D eigenvalue weighted by Gasteiger charge is 2.12. The van der Waals surface area contributed by atoms with E-state index in [0.717, 1.165) is 0 Å². The normalized spacial score (nSPS) is 12.0. The molecule has 4 nitrogen and oxygen atoms in total. The molecule has 0 aliphatic carbocycles. The summed E-state index contributed by atoms with van der Waals surface area (Å²) in [5.41, 5.74) is 0. The highest BCUT2D eigenvalue weighted by molar-refractivity contribution is 7.85. The highest BCUT2D eigenvalue weighted by Crippen LogP contribution is 2.04. The maximum atomic E-state index is 10.7. The lowest BCUT2D eigenvalue weighted by molar-refractivity contribution is -0.716. The molecule has 0 amide bonds. The molecule has 1 rings (SSSR count). The molecular formula is C8H12NO3S+. The van der Waals surface area contributed by atoms with E-state index in [1.54, 1.807) is 12.4 Å². The maximum absolute atomic E-state index is 10.7. The number of rotatable bonds is 2. The van der Waals surface area contributed by atoms with E-state index in [4.69, 9.17) is 4.55 Å². The summed E-state index contributed by atoms with van der Waals surface area (Å²) in [5, 5.41) is 0. The molecule has 0 spiro atoms. The Balaban J connectivity index is 3.08. The van der Waals surface area contributed by atoms with E-state index in [-0.39, 0.29) is 10.9 Å². The van der Waals surface area contributed by atoms with Crippen LogP contribution in [0.5, 0.6) is 0 Å². The molecule has 0 radical (unpaired) electrons. The summed E-state index contributed by atoms with van der Waals surface area (Å²) in [6.45, 7) is 3.96. The van der Waals surface area contributed by atoms with Crippen LogP contribution in [0.3, 0.4) is 0 Å². The summed E-state index contributed by atoms with van der Waals surface area (Å²) in [6, 6.07) is 3.01. The topological polar surface area (TPSA) is 58.2 Å². The van der Waals surface area contributed by atoms with Crippen LogP contribution >= 0.6 is 0 Å². The van der Waals surface area contributed by atoms with Crippen LogP contribution in [-0.4, -0.2) is 13.0 Å². The van der Waals surface area contributed by atoms with E-state index in [2.05, 4.69) is 0 Å². The lowest BCUT2D eigenvalue weighted by atomic mass is 10.3. The van der Waals surface area contributed by atoms with Gasteiger partial charge in [-0.3, -0.25) is 4.55 Å². The Bertz CT molecular complexity index is 380. The minimum absolute atomic E-state index is 0.0793.